The van der Waals surface area contributed by atoms with E-state index in [9.17, 15) is 9.59 Å². The van der Waals surface area contributed by atoms with Crippen LogP contribution in [0, 0.1) is 6.92 Å². The Bertz CT molecular complexity index is 1150. The predicted molar refractivity (Wildman–Crippen MR) is 127 cm³/mol. The van der Waals surface area contributed by atoms with Gasteiger partial charge in [-0.15, -0.1) is 0 Å². The maximum atomic E-state index is 12.4. The molecule has 0 atom stereocenters. The van der Waals surface area contributed by atoms with Crippen molar-refractivity contribution in [1.82, 2.24) is 5.43 Å². The highest BCUT2D eigenvalue weighted by atomic mass is 79.9. The summed E-state index contributed by atoms with van der Waals surface area (Å²) in [6.45, 7) is 2.06. The molecule has 7 nitrogen and oxygen atoms in total. The van der Waals surface area contributed by atoms with Crippen molar-refractivity contribution < 1.29 is 19.1 Å². The maximum Gasteiger partial charge on any atom is 0.343 e. The molecule has 164 valence electrons. The van der Waals surface area contributed by atoms with Crippen LogP contribution in [-0.2, 0) is 4.79 Å². The lowest BCUT2D eigenvalue weighted by atomic mass is 10.2. The molecular weight excluding hydrogens is 474 g/mol. The first kappa shape index (κ1) is 23.0. The third-order valence-electron chi connectivity index (χ3n) is 4.44. The Balaban J connectivity index is 1.58. The number of esters is 1. The van der Waals surface area contributed by atoms with Crippen LogP contribution >= 0.6 is 15.9 Å². The lowest BCUT2D eigenvalue weighted by Crippen LogP contribution is -2.26. The summed E-state index contributed by atoms with van der Waals surface area (Å²) < 4.78 is 11.6. The fourth-order valence-electron chi connectivity index (χ4n) is 2.79. The minimum Gasteiger partial charge on any atom is -0.493 e. The number of aryl methyl sites for hydroxylation is 1. The fourth-order valence-corrected chi connectivity index (χ4v) is 3.19. The average molecular weight is 496 g/mol. The molecule has 0 aliphatic heterocycles. The first-order valence-electron chi connectivity index (χ1n) is 9.73. The van der Waals surface area contributed by atoms with Gasteiger partial charge < -0.3 is 14.8 Å². The number of amides is 1. The van der Waals surface area contributed by atoms with Gasteiger partial charge in [0, 0.05) is 10.2 Å². The van der Waals surface area contributed by atoms with Gasteiger partial charge in [-0.2, -0.15) is 5.10 Å². The summed E-state index contributed by atoms with van der Waals surface area (Å²) in [7, 11) is 1.48. The summed E-state index contributed by atoms with van der Waals surface area (Å²) >= 11 is 3.33. The summed E-state index contributed by atoms with van der Waals surface area (Å²) in [5, 5.41) is 7.03. The summed E-state index contributed by atoms with van der Waals surface area (Å²) in [4.78, 5) is 24.4. The van der Waals surface area contributed by atoms with Crippen LogP contribution in [0.1, 0.15) is 21.5 Å². The number of halogens is 1. The number of carbonyl (C=O) groups is 2. The molecule has 2 N–H and O–H groups in total. The molecule has 0 unspecified atom stereocenters. The number of hydrogen-bond donors (Lipinski definition) is 2. The molecule has 3 rings (SSSR count). The minimum atomic E-state index is -0.501. The van der Waals surface area contributed by atoms with E-state index in [1.165, 1.54) is 13.3 Å². The van der Waals surface area contributed by atoms with Gasteiger partial charge in [0.05, 0.1) is 25.4 Å². The SMILES string of the molecule is COc1cc(/C=N/NC(=O)CNc2ccccc2C)ccc1OC(=O)c1cccc(Br)c1. The number of rotatable bonds is 8. The first-order chi connectivity index (χ1) is 15.5. The van der Waals surface area contributed by atoms with Crippen LogP contribution in [0.15, 0.2) is 76.3 Å². The van der Waals surface area contributed by atoms with E-state index in [0.29, 0.717) is 16.9 Å². The number of hydrazone groups is 1. The quantitative estimate of drug-likeness (QED) is 0.207. The van der Waals surface area contributed by atoms with E-state index in [1.807, 2.05) is 37.3 Å². The second kappa shape index (κ2) is 11.1. The van der Waals surface area contributed by atoms with Crippen LogP contribution < -0.4 is 20.2 Å². The van der Waals surface area contributed by atoms with Gasteiger partial charge in [-0.05, 0) is 60.5 Å². The van der Waals surface area contributed by atoms with Crippen LogP contribution in [0.4, 0.5) is 5.69 Å². The molecule has 0 heterocycles. The monoisotopic (exact) mass is 495 g/mol. The molecule has 8 heteroatoms. The van der Waals surface area contributed by atoms with Crippen LogP contribution in [0.2, 0.25) is 0 Å². The van der Waals surface area contributed by atoms with E-state index >= 15 is 0 Å². The molecule has 0 spiro atoms. The van der Waals surface area contributed by atoms with Gasteiger partial charge >= 0.3 is 5.97 Å². The van der Waals surface area contributed by atoms with Crippen LogP contribution in [0.3, 0.4) is 0 Å². The molecule has 3 aromatic rings. The number of hydrogen-bond acceptors (Lipinski definition) is 6. The summed E-state index contributed by atoms with van der Waals surface area (Å²) in [6.07, 6.45) is 1.48. The van der Waals surface area contributed by atoms with Crippen molar-refractivity contribution in [2.24, 2.45) is 5.10 Å². The number of benzene rings is 3. The maximum absolute atomic E-state index is 12.4. The molecule has 0 bridgehead atoms. The van der Waals surface area contributed by atoms with Gasteiger partial charge in [0.25, 0.3) is 5.91 Å². The van der Waals surface area contributed by atoms with Gasteiger partial charge in [-0.25, -0.2) is 10.2 Å². The summed E-state index contributed by atoms with van der Waals surface area (Å²) in [5.74, 6) is -0.138. The highest BCUT2D eigenvalue weighted by Crippen LogP contribution is 2.28. The molecule has 0 saturated heterocycles. The van der Waals surface area contributed by atoms with Gasteiger partial charge in [-0.1, -0.05) is 40.2 Å². The highest BCUT2D eigenvalue weighted by Gasteiger charge is 2.13. The van der Waals surface area contributed by atoms with Crippen molar-refractivity contribution in [3.05, 3.63) is 87.9 Å². The zero-order chi connectivity index (χ0) is 22.9. The predicted octanol–water partition coefficient (Wildman–Crippen LogP) is 4.55. The molecule has 3 aromatic carbocycles. The van der Waals surface area contributed by atoms with Gasteiger partial charge in [0.2, 0.25) is 0 Å². The lowest BCUT2D eigenvalue weighted by Gasteiger charge is -2.10. The molecule has 1 amide bonds. The first-order valence-corrected chi connectivity index (χ1v) is 10.5. The highest BCUT2D eigenvalue weighted by molar-refractivity contribution is 9.10. The Morgan fingerprint density at radius 1 is 1.03 bits per heavy atom. The van der Waals surface area contributed by atoms with E-state index in [4.69, 9.17) is 9.47 Å². The second-order valence-electron chi connectivity index (χ2n) is 6.77. The zero-order valence-electron chi connectivity index (χ0n) is 17.6. The van der Waals surface area contributed by atoms with Crippen LogP contribution in [0.25, 0.3) is 0 Å². The number of anilines is 1. The van der Waals surface area contributed by atoms with Gasteiger partial charge in [0.1, 0.15) is 0 Å². The van der Waals surface area contributed by atoms with E-state index in [2.05, 4.69) is 31.8 Å². The average Bonchev–Trinajstić information content (AvgIpc) is 2.79. The normalized spacial score (nSPS) is 10.6. The van der Waals surface area contributed by atoms with Crippen molar-refractivity contribution in [3.63, 3.8) is 0 Å². The van der Waals surface area contributed by atoms with E-state index in [0.717, 1.165) is 15.7 Å². The van der Waals surface area contributed by atoms with Gasteiger partial charge in [0.15, 0.2) is 11.5 Å². The third-order valence-corrected chi connectivity index (χ3v) is 4.93. The zero-order valence-corrected chi connectivity index (χ0v) is 19.2. The molecular formula is C24H22BrN3O4. The lowest BCUT2D eigenvalue weighted by molar-refractivity contribution is -0.119. The molecule has 0 saturated carbocycles. The fraction of sp³-hybridized carbons (Fsp3) is 0.125. The Labute approximate surface area is 194 Å². The van der Waals surface area contributed by atoms with Crippen LogP contribution in [0.5, 0.6) is 11.5 Å². The third kappa shape index (κ3) is 6.42. The second-order valence-corrected chi connectivity index (χ2v) is 7.69. The number of ether oxygens (including phenoxy) is 2. The number of para-hydroxylation sites is 1. The van der Waals surface area contributed by atoms with Crippen molar-refractivity contribution in [1.29, 1.82) is 0 Å². The van der Waals surface area contributed by atoms with E-state index in [-0.39, 0.29) is 18.2 Å². The molecule has 32 heavy (non-hydrogen) atoms. The Hall–Kier alpha value is -3.65. The largest absolute Gasteiger partial charge is 0.493 e. The summed E-state index contributed by atoms with van der Waals surface area (Å²) in [6, 6.07) is 19.6. The topological polar surface area (TPSA) is 89.0 Å². The molecule has 0 aliphatic carbocycles. The Morgan fingerprint density at radius 3 is 2.59 bits per heavy atom. The number of nitrogens with zero attached hydrogens (tertiary/aromatic N) is 1. The van der Waals surface area contributed by atoms with E-state index < -0.39 is 5.97 Å². The molecule has 0 aromatic heterocycles. The molecule has 0 fully saturated rings. The molecule has 0 radical (unpaired) electrons. The van der Waals surface area contributed by atoms with Crippen molar-refractivity contribution >= 4 is 39.7 Å². The Kier molecular flexibility index (Phi) is 7.99. The van der Waals surface area contributed by atoms with Gasteiger partial charge in [-0.3, -0.25) is 4.79 Å². The minimum absolute atomic E-state index is 0.0933. The smallest absolute Gasteiger partial charge is 0.343 e. The van der Waals surface area contributed by atoms with Crippen LogP contribution in [-0.4, -0.2) is 31.7 Å². The van der Waals surface area contributed by atoms with Crippen molar-refractivity contribution in [2.45, 2.75) is 6.92 Å². The summed E-state index contributed by atoms with van der Waals surface area (Å²) in [5.41, 5.74) is 5.49. The van der Waals surface area contributed by atoms with Crippen molar-refractivity contribution in [3.8, 4) is 11.5 Å². The van der Waals surface area contributed by atoms with Crippen molar-refractivity contribution in [2.75, 3.05) is 19.0 Å². The standard InChI is InChI=1S/C24H22BrN3O4/c1-16-6-3-4-9-20(16)26-15-23(29)28-27-14-17-10-11-21(22(12-17)31-2)32-24(30)18-7-5-8-19(25)13-18/h3-14,26H,15H2,1-2H3,(H,28,29)/b27-14+. The van der Waals surface area contributed by atoms with E-state index in [1.54, 1.807) is 36.4 Å². The molecule has 0 aliphatic rings. The number of carbonyl (C=O) groups excluding carboxylic acids is 2. The Morgan fingerprint density at radius 2 is 1.84 bits per heavy atom. The number of methoxy groups -OCH3 is 1. The number of nitrogens with one attached hydrogen (secondary N) is 2.